The Balaban J connectivity index is 1.82. The minimum absolute atomic E-state index is 0.0775. The molecular formula is C18H15Cl2F3N4O5S. The lowest BCUT2D eigenvalue weighted by molar-refractivity contribution is -0.137. The fourth-order valence-corrected chi connectivity index (χ4v) is 4.74. The highest BCUT2D eigenvalue weighted by Crippen LogP contribution is 2.38. The van der Waals surface area contributed by atoms with Gasteiger partial charge in [-0.05, 0) is 24.3 Å². The van der Waals surface area contributed by atoms with E-state index in [1.807, 2.05) is 0 Å². The Morgan fingerprint density at radius 2 is 1.85 bits per heavy atom. The maximum Gasteiger partial charge on any atom is 0.416 e. The third-order valence-corrected chi connectivity index (χ3v) is 6.23. The number of aromatic nitrogens is 2. The monoisotopic (exact) mass is 526 g/mol. The summed E-state index contributed by atoms with van der Waals surface area (Å²) >= 11 is 11.5. The average Bonchev–Trinajstić information content (AvgIpc) is 3.07. The topological polar surface area (TPSA) is 122 Å². The molecule has 1 heterocycles. The van der Waals surface area contributed by atoms with Crippen LogP contribution in [0.5, 0.6) is 5.75 Å². The molecule has 3 N–H and O–H groups in total. The molecule has 178 valence electrons. The second kappa shape index (κ2) is 9.63. The zero-order chi connectivity index (χ0) is 24.4. The number of nitrogens with zero attached hydrogens (tertiary/aromatic N) is 1. The van der Waals surface area contributed by atoms with Crippen LogP contribution in [0.25, 0.3) is 11.0 Å². The molecule has 0 saturated carbocycles. The van der Waals surface area contributed by atoms with Crippen molar-refractivity contribution < 1.29 is 35.3 Å². The number of carbonyl (C=O) groups excluding carboxylic acids is 1. The number of H-pyrrole nitrogens is 1. The molecule has 0 atom stereocenters. The Morgan fingerprint density at radius 1 is 1.18 bits per heavy atom. The smallest absolute Gasteiger partial charge is 0.383 e. The molecule has 33 heavy (non-hydrogen) atoms. The number of urea groups is 1. The van der Waals surface area contributed by atoms with E-state index in [2.05, 4.69) is 20.6 Å². The van der Waals surface area contributed by atoms with Gasteiger partial charge in [0, 0.05) is 19.7 Å². The average molecular weight is 527 g/mol. The standard InChI is InChI=1S/C18H15Cl2F3N4O5S/c1-31-5-4-24-17(28)27-16-25-13-3-2-10(8-14(13)26-16)32-33(29,30)15-11(19)6-9(7-12(15)20)18(21,22)23/h2-3,6-8H,4-5H2,1H3,(H3,24,25,26,27,28). The number of rotatable bonds is 7. The summed E-state index contributed by atoms with van der Waals surface area (Å²) in [6.07, 6.45) is -4.77. The van der Waals surface area contributed by atoms with Crippen LogP contribution in [0.3, 0.4) is 0 Å². The fraction of sp³-hybridized carbons (Fsp3) is 0.222. The van der Waals surface area contributed by atoms with Gasteiger partial charge in [0.1, 0.15) is 10.6 Å². The van der Waals surface area contributed by atoms with Crippen LogP contribution in [0.4, 0.5) is 23.9 Å². The van der Waals surface area contributed by atoms with Crippen LogP contribution < -0.4 is 14.8 Å². The number of anilines is 1. The van der Waals surface area contributed by atoms with Gasteiger partial charge in [-0.1, -0.05) is 23.2 Å². The summed E-state index contributed by atoms with van der Waals surface area (Å²) in [5, 5.41) is 3.49. The summed E-state index contributed by atoms with van der Waals surface area (Å²) in [5.74, 6) is -0.122. The number of ether oxygens (including phenoxy) is 1. The first-order valence-corrected chi connectivity index (χ1v) is 11.1. The number of aromatic amines is 1. The summed E-state index contributed by atoms with van der Waals surface area (Å²) in [6.45, 7) is 0.586. The molecule has 0 unspecified atom stereocenters. The van der Waals surface area contributed by atoms with E-state index in [4.69, 9.17) is 32.1 Å². The van der Waals surface area contributed by atoms with Gasteiger partial charge >= 0.3 is 22.3 Å². The Labute approximate surface area is 195 Å². The van der Waals surface area contributed by atoms with E-state index in [1.54, 1.807) is 0 Å². The van der Waals surface area contributed by atoms with E-state index in [9.17, 15) is 26.4 Å². The third kappa shape index (κ3) is 5.99. The van der Waals surface area contributed by atoms with Crippen molar-refractivity contribution in [2.45, 2.75) is 11.1 Å². The molecular weight excluding hydrogens is 512 g/mol. The second-order valence-electron chi connectivity index (χ2n) is 6.44. The van der Waals surface area contributed by atoms with Crippen LogP contribution in [-0.4, -0.2) is 44.7 Å². The van der Waals surface area contributed by atoms with Crippen molar-refractivity contribution in [2.75, 3.05) is 25.6 Å². The van der Waals surface area contributed by atoms with Crippen LogP contribution in [0.1, 0.15) is 5.56 Å². The molecule has 0 fully saturated rings. The van der Waals surface area contributed by atoms with Crippen LogP contribution in [0.2, 0.25) is 10.0 Å². The van der Waals surface area contributed by atoms with E-state index in [0.717, 1.165) is 0 Å². The Bertz CT molecular complexity index is 1270. The molecule has 0 aliphatic rings. The van der Waals surface area contributed by atoms with Gasteiger partial charge < -0.3 is 19.2 Å². The van der Waals surface area contributed by atoms with Gasteiger partial charge in [-0.3, -0.25) is 5.32 Å². The molecule has 0 aliphatic carbocycles. The number of hydrogen-bond donors (Lipinski definition) is 3. The van der Waals surface area contributed by atoms with Crippen molar-refractivity contribution >= 4 is 56.3 Å². The molecule has 0 spiro atoms. The molecule has 0 bridgehead atoms. The van der Waals surface area contributed by atoms with Gasteiger partial charge in [0.2, 0.25) is 5.95 Å². The van der Waals surface area contributed by atoms with Gasteiger partial charge in [-0.15, -0.1) is 0 Å². The quantitative estimate of drug-likeness (QED) is 0.309. The number of fused-ring (bicyclic) bond motifs is 1. The van der Waals surface area contributed by atoms with Gasteiger partial charge in [0.25, 0.3) is 0 Å². The maximum atomic E-state index is 12.9. The van der Waals surface area contributed by atoms with Crippen LogP contribution in [0.15, 0.2) is 35.2 Å². The zero-order valence-electron chi connectivity index (χ0n) is 16.6. The first-order valence-electron chi connectivity index (χ1n) is 8.95. The van der Waals surface area contributed by atoms with Crippen molar-refractivity contribution in [3.63, 3.8) is 0 Å². The van der Waals surface area contributed by atoms with Crippen molar-refractivity contribution in [3.05, 3.63) is 45.9 Å². The molecule has 2 amide bonds. The number of imidazole rings is 1. The first-order chi connectivity index (χ1) is 15.4. The summed E-state index contributed by atoms with van der Waals surface area (Å²) in [4.78, 5) is 17.9. The van der Waals surface area contributed by atoms with Crippen LogP contribution in [-0.2, 0) is 21.0 Å². The van der Waals surface area contributed by atoms with Gasteiger partial charge in [0.05, 0.1) is 33.2 Å². The molecule has 3 rings (SSSR count). The molecule has 0 aliphatic heterocycles. The lowest BCUT2D eigenvalue weighted by atomic mass is 10.2. The van der Waals surface area contributed by atoms with Crippen LogP contribution in [0, 0.1) is 0 Å². The van der Waals surface area contributed by atoms with Crippen molar-refractivity contribution in [1.29, 1.82) is 0 Å². The normalized spacial score (nSPS) is 12.1. The van der Waals surface area contributed by atoms with E-state index >= 15 is 0 Å². The van der Waals surface area contributed by atoms with E-state index < -0.39 is 42.8 Å². The summed E-state index contributed by atoms with van der Waals surface area (Å²) in [7, 11) is -3.20. The highest BCUT2D eigenvalue weighted by atomic mass is 35.5. The first kappa shape index (κ1) is 24.9. The van der Waals surface area contributed by atoms with Crippen molar-refractivity contribution in [3.8, 4) is 5.75 Å². The number of hydrogen-bond acceptors (Lipinski definition) is 6. The molecule has 0 saturated heterocycles. The number of alkyl halides is 3. The molecule has 1 aromatic heterocycles. The van der Waals surface area contributed by atoms with Gasteiger partial charge in [-0.25, -0.2) is 9.78 Å². The number of nitrogens with one attached hydrogen (secondary N) is 3. The number of amides is 2. The van der Waals surface area contributed by atoms with E-state index in [0.29, 0.717) is 29.8 Å². The SMILES string of the molecule is COCCNC(=O)Nc1nc2ccc(OS(=O)(=O)c3c(Cl)cc(C(F)(F)F)cc3Cl)cc2[nH]1. The fourth-order valence-electron chi connectivity index (χ4n) is 2.65. The minimum atomic E-state index is -4.77. The molecule has 0 radical (unpaired) electrons. The number of methoxy groups -OCH3 is 1. The number of halogens is 5. The Hall–Kier alpha value is -2.74. The van der Waals surface area contributed by atoms with Crippen molar-refractivity contribution in [2.24, 2.45) is 0 Å². The summed E-state index contributed by atoms with van der Waals surface area (Å²) in [6, 6.07) is 4.27. The van der Waals surface area contributed by atoms with Gasteiger partial charge in [-0.2, -0.15) is 21.6 Å². The Kier molecular flexibility index (Phi) is 7.26. The predicted octanol–water partition coefficient (Wildman–Crippen LogP) is 4.42. The van der Waals surface area contributed by atoms with Crippen molar-refractivity contribution in [1.82, 2.24) is 15.3 Å². The molecule has 3 aromatic rings. The summed E-state index contributed by atoms with van der Waals surface area (Å²) in [5.41, 5.74) is -0.529. The van der Waals surface area contributed by atoms with E-state index in [1.165, 1.54) is 25.3 Å². The lowest BCUT2D eigenvalue weighted by Crippen LogP contribution is -2.31. The minimum Gasteiger partial charge on any atom is -0.383 e. The zero-order valence-corrected chi connectivity index (χ0v) is 18.9. The number of carbonyl (C=O) groups is 1. The molecule has 2 aromatic carbocycles. The number of benzene rings is 2. The van der Waals surface area contributed by atoms with Gasteiger partial charge in [0.15, 0.2) is 0 Å². The second-order valence-corrected chi connectivity index (χ2v) is 8.74. The van der Waals surface area contributed by atoms with E-state index in [-0.39, 0.29) is 18.2 Å². The maximum absolute atomic E-state index is 12.9. The highest BCUT2D eigenvalue weighted by Gasteiger charge is 2.34. The largest absolute Gasteiger partial charge is 0.416 e. The summed E-state index contributed by atoms with van der Waals surface area (Å²) < 4.78 is 73.8. The highest BCUT2D eigenvalue weighted by molar-refractivity contribution is 7.87. The molecule has 9 nitrogen and oxygen atoms in total. The van der Waals surface area contributed by atoms with Crippen LogP contribution >= 0.6 is 23.2 Å². The Morgan fingerprint density at radius 3 is 2.45 bits per heavy atom. The predicted molar refractivity (Wildman–Crippen MR) is 114 cm³/mol. The molecule has 15 heteroatoms. The third-order valence-electron chi connectivity index (χ3n) is 4.06. The lowest BCUT2D eigenvalue weighted by Gasteiger charge is -2.13.